The van der Waals surface area contributed by atoms with E-state index in [2.05, 4.69) is 20.6 Å². The third-order valence-electron chi connectivity index (χ3n) is 3.80. The summed E-state index contributed by atoms with van der Waals surface area (Å²) in [7, 11) is 0. The zero-order valence-corrected chi connectivity index (χ0v) is 14.8. The summed E-state index contributed by atoms with van der Waals surface area (Å²) in [4.78, 5) is 32.5. The number of nitrogen functional groups attached to an aromatic ring is 1. The van der Waals surface area contributed by atoms with Crippen LogP contribution in [-0.2, 0) is 4.79 Å². The Morgan fingerprint density at radius 1 is 1.27 bits per heavy atom. The summed E-state index contributed by atoms with van der Waals surface area (Å²) in [5.41, 5.74) is 13.8. The summed E-state index contributed by atoms with van der Waals surface area (Å²) < 4.78 is 0. The van der Waals surface area contributed by atoms with Crippen LogP contribution in [0.4, 0.5) is 11.4 Å². The minimum absolute atomic E-state index is 0.349. The van der Waals surface area contributed by atoms with Crippen molar-refractivity contribution in [1.82, 2.24) is 10.3 Å². The van der Waals surface area contributed by atoms with Gasteiger partial charge < -0.3 is 22.1 Å². The number of primary amides is 1. The second-order valence-corrected chi connectivity index (χ2v) is 6.86. The van der Waals surface area contributed by atoms with Crippen LogP contribution in [0.2, 0.25) is 0 Å². The molecule has 9 heteroatoms. The van der Waals surface area contributed by atoms with E-state index >= 15 is 0 Å². The maximum absolute atomic E-state index is 12.5. The van der Waals surface area contributed by atoms with Gasteiger partial charge in [0.05, 0.1) is 11.9 Å². The van der Waals surface area contributed by atoms with Crippen molar-refractivity contribution >= 4 is 40.1 Å². The Kier molecular flexibility index (Phi) is 5.08. The topological polar surface area (TPSA) is 135 Å². The first kappa shape index (κ1) is 17.7. The normalized spacial score (nSPS) is 18.9. The Balaban J connectivity index is 1.72. The van der Waals surface area contributed by atoms with Gasteiger partial charge in [-0.15, -0.1) is 0 Å². The number of pyridine rings is 1. The highest BCUT2D eigenvalue weighted by atomic mass is 32.2. The van der Waals surface area contributed by atoms with E-state index in [4.69, 9.17) is 11.5 Å². The molecule has 2 amide bonds. The maximum atomic E-state index is 12.5. The number of aryl methyl sites for hydroxylation is 1. The van der Waals surface area contributed by atoms with Gasteiger partial charge in [-0.1, -0.05) is 17.8 Å². The Hall–Kier alpha value is -3.07. The minimum atomic E-state index is -0.870. The van der Waals surface area contributed by atoms with E-state index in [-0.39, 0.29) is 5.91 Å². The van der Waals surface area contributed by atoms with E-state index in [1.165, 1.54) is 11.8 Å². The number of carbonyl (C=O) groups excluding carboxylic acids is 2. The van der Waals surface area contributed by atoms with Crippen molar-refractivity contribution in [1.29, 1.82) is 0 Å². The number of carbonyl (C=O) groups is 2. The fourth-order valence-corrected chi connectivity index (χ4v) is 3.43. The molecule has 1 aromatic carbocycles. The van der Waals surface area contributed by atoms with E-state index < -0.39 is 17.3 Å². The zero-order valence-electron chi connectivity index (χ0n) is 14.0. The van der Waals surface area contributed by atoms with Gasteiger partial charge >= 0.3 is 0 Å². The molecule has 0 aliphatic carbocycles. The molecule has 0 bridgehead atoms. The Morgan fingerprint density at radius 3 is 2.73 bits per heavy atom. The van der Waals surface area contributed by atoms with E-state index in [0.29, 0.717) is 16.4 Å². The average molecular weight is 370 g/mol. The minimum Gasteiger partial charge on any atom is -0.398 e. The van der Waals surface area contributed by atoms with Crippen LogP contribution in [0.5, 0.6) is 0 Å². The first-order chi connectivity index (χ1) is 12.4. The van der Waals surface area contributed by atoms with Crippen LogP contribution in [0.25, 0.3) is 0 Å². The number of amides is 2. The molecule has 26 heavy (non-hydrogen) atoms. The predicted molar refractivity (Wildman–Crippen MR) is 103 cm³/mol. The molecular formula is C17H18N6O2S. The Labute approximate surface area is 154 Å². The summed E-state index contributed by atoms with van der Waals surface area (Å²) >= 11 is 1.22. The fourth-order valence-electron chi connectivity index (χ4n) is 2.35. The Morgan fingerprint density at radius 2 is 2.08 bits per heavy atom. The highest BCUT2D eigenvalue weighted by molar-refractivity contribution is 8.15. The number of rotatable bonds is 4. The van der Waals surface area contributed by atoms with Gasteiger partial charge in [0.15, 0.2) is 11.2 Å². The molecule has 0 saturated heterocycles. The van der Waals surface area contributed by atoms with Crippen LogP contribution in [0, 0.1) is 6.92 Å². The molecule has 1 aromatic heterocycles. The number of nitrogens with zero attached hydrogens (tertiary/aromatic N) is 2. The highest BCUT2D eigenvalue weighted by Gasteiger charge is 2.35. The largest absolute Gasteiger partial charge is 0.398 e. The first-order valence-corrected chi connectivity index (χ1v) is 8.70. The standard InChI is InChI=1S/C17H18N6O2S/c1-9-4-5-10(7-12(9)18)15(25)23-16-13(14(19)24)22-17(26-16)21-11-3-2-6-20-8-11/h2-8,13,16H,18H2,1H3,(H2,19,24)(H,21,22)(H,23,25). The van der Waals surface area contributed by atoms with E-state index in [9.17, 15) is 9.59 Å². The number of nitrogens with two attached hydrogens (primary N) is 2. The monoisotopic (exact) mass is 370 g/mol. The lowest BCUT2D eigenvalue weighted by atomic mass is 10.1. The molecule has 1 aliphatic heterocycles. The number of nitrogens with one attached hydrogen (secondary N) is 2. The van der Waals surface area contributed by atoms with Gasteiger partial charge in [0.2, 0.25) is 5.91 Å². The molecular weight excluding hydrogens is 352 g/mol. The summed E-state index contributed by atoms with van der Waals surface area (Å²) in [6.07, 6.45) is 3.28. The lowest BCUT2D eigenvalue weighted by molar-refractivity contribution is -0.119. The van der Waals surface area contributed by atoms with Crippen molar-refractivity contribution in [2.24, 2.45) is 10.7 Å². The lowest BCUT2D eigenvalue weighted by Gasteiger charge is -2.16. The number of thioether (sulfide) groups is 1. The molecule has 6 N–H and O–H groups in total. The second kappa shape index (κ2) is 7.44. The fraction of sp³-hybridized carbons (Fsp3) is 0.176. The predicted octanol–water partition coefficient (Wildman–Crippen LogP) is 1.10. The van der Waals surface area contributed by atoms with Crippen molar-refractivity contribution in [2.75, 3.05) is 11.1 Å². The average Bonchev–Trinajstić information content (AvgIpc) is 3.00. The van der Waals surface area contributed by atoms with Crippen molar-refractivity contribution in [3.05, 3.63) is 53.9 Å². The molecule has 134 valence electrons. The molecule has 2 aromatic rings. The molecule has 8 nitrogen and oxygen atoms in total. The van der Waals surface area contributed by atoms with Crippen LogP contribution in [-0.4, -0.2) is 33.4 Å². The van der Waals surface area contributed by atoms with Gasteiger partial charge in [0, 0.05) is 17.4 Å². The van der Waals surface area contributed by atoms with Gasteiger partial charge in [-0.05, 0) is 36.8 Å². The highest BCUT2D eigenvalue weighted by Crippen LogP contribution is 2.26. The van der Waals surface area contributed by atoms with E-state index in [0.717, 1.165) is 11.3 Å². The molecule has 0 spiro atoms. The van der Waals surface area contributed by atoms with Gasteiger partial charge in [0.1, 0.15) is 5.37 Å². The van der Waals surface area contributed by atoms with Crippen LogP contribution in [0.1, 0.15) is 15.9 Å². The molecule has 2 unspecified atom stereocenters. The maximum Gasteiger partial charge on any atom is 0.252 e. The smallest absolute Gasteiger partial charge is 0.252 e. The van der Waals surface area contributed by atoms with Gasteiger partial charge in [-0.3, -0.25) is 14.6 Å². The number of amidine groups is 1. The van der Waals surface area contributed by atoms with Crippen LogP contribution >= 0.6 is 11.8 Å². The Bertz CT molecular complexity index is 871. The number of hydrogen-bond acceptors (Lipinski definition) is 7. The molecule has 0 saturated carbocycles. The molecule has 2 atom stereocenters. The second-order valence-electron chi connectivity index (χ2n) is 5.73. The van der Waals surface area contributed by atoms with E-state index in [1.54, 1.807) is 36.7 Å². The SMILES string of the molecule is Cc1ccc(C(=O)NC2SC(Nc3cccnc3)=NC2C(N)=O)cc1N. The molecule has 2 heterocycles. The number of aliphatic imine (C=N–C) groups is 1. The van der Waals surface area contributed by atoms with Crippen molar-refractivity contribution < 1.29 is 9.59 Å². The van der Waals surface area contributed by atoms with Gasteiger partial charge in [-0.25, -0.2) is 4.99 Å². The third kappa shape index (κ3) is 3.94. The van der Waals surface area contributed by atoms with Crippen molar-refractivity contribution in [3.8, 4) is 0 Å². The quantitative estimate of drug-likeness (QED) is 0.595. The van der Waals surface area contributed by atoms with Crippen molar-refractivity contribution in [2.45, 2.75) is 18.3 Å². The zero-order chi connectivity index (χ0) is 18.7. The van der Waals surface area contributed by atoms with Crippen LogP contribution < -0.4 is 22.1 Å². The summed E-state index contributed by atoms with van der Waals surface area (Å²) in [5, 5.41) is 5.72. The summed E-state index contributed by atoms with van der Waals surface area (Å²) in [5.74, 6) is -0.965. The molecule has 1 aliphatic rings. The van der Waals surface area contributed by atoms with Crippen LogP contribution in [0.3, 0.4) is 0 Å². The number of anilines is 2. The lowest BCUT2D eigenvalue weighted by Crippen LogP contribution is -2.44. The number of benzene rings is 1. The summed E-state index contributed by atoms with van der Waals surface area (Å²) in [6, 6.07) is 7.76. The first-order valence-electron chi connectivity index (χ1n) is 7.82. The van der Waals surface area contributed by atoms with Crippen LogP contribution in [0.15, 0.2) is 47.7 Å². The summed E-state index contributed by atoms with van der Waals surface area (Å²) in [6.45, 7) is 1.86. The number of hydrogen-bond donors (Lipinski definition) is 4. The van der Waals surface area contributed by atoms with Crippen molar-refractivity contribution in [3.63, 3.8) is 0 Å². The van der Waals surface area contributed by atoms with Gasteiger partial charge in [0.25, 0.3) is 5.91 Å². The molecule has 3 rings (SSSR count). The molecule has 0 radical (unpaired) electrons. The number of aromatic nitrogens is 1. The third-order valence-corrected chi connectivity index (χ3v) is 4.86. The molecule has 0 fully saturated rings. The van der Waals surface area contributed by atoms with E-state index in [1.807, 2.05) is 13.0 Å². The van der Waals surface area contributed by atoms with Gasteiger partial charge in [-0.2, -0.15) is 0 Å².